The number of anilines is 1. The largest absolute Gasteiger partial charge is 0.394 e. The molecule has 3 heteroatoms. The fourth-order valence-electron chi connectivity index (χ4n) is 2.70. The van der Waals surface area contributed by atoms with E-state index in [4.69, 9.17) is 0 Å². The predicted octanol–water partition coefficient (Wildman–Crippen LogP) is 3.18. The predicted molar refractivity (Wildman–Crippen MR) is 67.5 cm³/mol. The highest BCUT2D eigenvalue weighted by Crippen LogP contribution is 2.36. The van der Waals surface area contributed by atoms with Gasteiger partial charge in [0.25, 0.3) is 0 Å². The van der Waals surface area contributed by atoms with Gasteiger partial charge in [-0.2, -0.15) is 0 Å². The number of hydrogen-bond acceptors (Lipinski definition) is 2. The molecule has 0 radical (unpaired) electrons. The molecule has 1 aliphatic rings. The van der Waals surface area contributed by atoms with Crippen LogP contribution in [0.3, 0.4) is 0 Å². The molecule has 2 nitrogen and oxygen atoms in total. The number of benzene rings is 1. The van der Waals surface area contributed by atoms with Crippen molar-refractivity contribution in [3.05, 3.63) is 30.1 Å². The van der Waals surface area contributed by atoms with Gasteiger partial charge in [0, 0.05) is 0 Å². The van der Waals surface area contributed by atoms with Crippen LogP contribution in [-0.2, 0) is 0 Å². The minimum absolute atomic E-state index is 0.0580. The molecule has 0 amide bonds. The Balaban J connectivity index is 2.22. The average Bonchev–Trinajstić information content (AvgIpc) is 2.35. The Morgan fingerprint density at radius 1 is 1.41 bits per heavy atom. The van der Waals surface area contributed by atoms with Crippen molar-refractivity contribution >= 4 is 5.69 Å². The van der Waals surface area contributed by atoms with Crippen molar-refractivity contribution in [2.45, 2.75) is 38.1 Å². The second-order valence-electron chi connectivity index (χ2n) is 5.07. The fourth-order valence-corrected chi connectivity index (χ4v) is 2.70. The van der Waals surface area contributed by atoms with Crippen LogP contribution in [0.2, 0.25) is 0 Å². The molecule has 94 valence electrons. The summed E-state index contributed by atoms with van der Waals surface area (Å²) in [7, 11) is 0. The normalized spacial score (nSPS) is 29.0. The molecular weight excluding hydrogens is 217 g/mol. The molecule has 0 aliphatic heterocycles. The number of hydrogen-bond donors (Lipinski definition) is 2. The molecule has 0 bridgehead atoms. The number of aliphatic hydroxyl groups is 1. The lowest BCUT2D eigenvalue weighted by Gasteiger charge is -2.42. The first-order valence-corrected chi connectivity index (χ1v) is 6.31. The number of rotatable bonds is 3. The summed E-state index contributed by atoms with van der Waals surface area (Å²) in [6, 6.07) is 6.66. The Hall–Kier alpha value is -1.09. The van der Waals surface area contributed by atoms with E-state index in [-0.39, 0.29) is 18.0 Å². The molecule has 0 aromatic heterocycles. The van der Waals surface area contributed by atoms with E-state index in [1.54, 1.807) is 12.1 Å². The third-order valence-electron chi connectivity index (χ3n) is 3.99. The minimum Gasteiger partial charge on any atom is -0.394 e. The maximum absolute atomic E-state index is 13.6. The smallest absolute Gasteiger partial charge is 0.146 e. The molecule has 2 unspecified atom stereocenters. The first kappa shape index (κ1) is 12.4. The molecule has 0 heterocycles. The summed E-state index contributed by atoms with van der Waals surface area (Å²) >= 11 is 0. The molecule has 1 saturated carbocycles. The van der Waals surface area contributed by atoms with Crippen LogP contribution in [0, 0.1) is 11.7 Å². The summed E-state index contributed by atoms with van der Waals surface area (Å²) in [5.41, 5.74) is 0.135. The Morgan fingerprint density at radius 3 is 2.82 bits per heavy atom. The molecule has 1 aromatic carbocycles. The van der Waals surface area contributed by atoms with Crippen molar-refractivity contribution in [3.63, 3.8) is 0 Å². The molecule has 0 spiro atoms. The lowest BCUT2D eigenvalue weighted by Crippen LogP contribution is -2.50. The van der Waals surface area contributed by atoms with Crippen LogP contribution in [0.5, 0.6) is 0 Å². The van der Waals surface area contributed by atoms with Crippen molar-refractivity contribution in [2.24, 2.45) is 5.92 Å². The van der Waals surface area contributed by atoms with Crippen LogP contribution < -0.4 is 5.32 Å². The van der Waals surface area contributed by atoms with E-state index in [9.17, 15) is 9.50 Å². The van der Waals surface area contributed by atoms with Gasteiger partial charge in [-0.25, -0.2) is 4.39 Å². The maximum Gasteiger partial charge on any atom is 0.146 e. The summed E-state index contributed by atoms with van der Waals surface area (Å²) in [5, 5.41) is 12.9. The van der Waals surface area contributed by atoms with Crippen LogP contribution in [0.1, 0.15) is 32.6 Å². The van der Waals surface area contributed by atoms with Crippen molar-refractivity contribution in [2.75, 3.05) is 11.9 Å². The van der Waals surface area contributed by atoms with E-state index in [1.165, 1.54) is 12.5 Å². The van der Waals surface area contributed by atoms with E-state index in [0.29, 0.717) is 11.6 Å². The molecule has 2 N–H and O–H groups in total. The zero-order valence-electron chi connectivity index (χ0n) is 10.2. The Morgan fingerprint density at radius 2 is 2.18 bits per heavy atom. The SMILES string of the molecule is CC1CCCCC1(CO)Nc1ccccc1F. The lowest BCUT2D eigenvalue weighted by atomic mass is 9.74. The van der Waals surface area contributed by atoms with Gasteiger partial charge in [-0.05, 0) is 30.9 Å². The van der Waals surface area contributed by atoms with Crippen molar-refractivity contribution in [3.8, 4) is 0 Å². The summed E-state index contributed by atoms with van der Waals surface area (Å²) in [4.78, 5) is 0. The van der Waals surface area contributed by atoms with E-state index >= 15 is 0 Å². The standard InChI is InChI=1S/C14H20FNO/c1-11-6-4-5-9-14(11,10-17)16-13-8-3-2-7-12(13)15/h2-3,7-8,11,16-17H,4-6,9-10H2,1H3. The van der Waals surface area contributed by atoms with Crippen molar-refractivity contribution < 1.29 is 9.50 Å². The van der Waals surface area contributed by atoms with Gasteiger partial charge < -0.3 is 10.4 Å². The first-order valence-electron chi connectivity index (χ1n) is 6.31. The molecule has 2 rings (SSSR count). The van der Waals surface area contributed by atoms with Crippen LogP contribution >= 0.6 is 0 Å². The number of halogens is 1. The van der Waals surface area contributed by atoms with Gasteiger partial charge in [-0.3, -0.25) is 0 Å². The number of aliphatic hydroxyl groups excluding tert-OH is 1. The molecule has 2 atom stereocenters. The van der Waals surface area contributed by atoms with Gasteiger partial charge in [-0.15, -0.1) is 0 Å². The summed E-state index contributed by atoms with van der Waals surface area (Å²) in [6.45, 7) is 2.19. The minimum atomic E-state index is -0.361. The number of nitrogens with one attached hydrogen (secondary N) is 1. The van der Waals surface area contributed by atoms with Gasteiger partial charge in [-0.1, -0.05) is 31.9 Å². The van der Waals surface area contributed by atoms with E-state index < -0.39 is 0 Å². The second kappa shape index (κ2) is 5.05. The summed E-state index contributed by atoms with van der Waals surface area (Å²) < 4.78 is 13.6. The third kappa shape index (κ3) is 2.44. The highest BCUT2D eigenvalue weighted by Gasteiger charge is 2.37. The molecule has 17 heavy (non-hydrogen) atoms. The second-order valence-corrected chi connectivity index (χ2v) is 5.07. The molecule has 1 aromatic rings. The van der Waals surface area contributed by atoms with Crippen LogP contribution in [0.4, 0.5) is 10.1 Å². The lowest BCUT2D eigenvalue weighted by molar-refractivity contribution is 0.126. The van der Waals surface area contributed by atoms with Crippen molar-refractivity contribution in [1.82, 2.24) is 0 Å². The fraction of sp³-hybridized carbons (Fsp3) is 0.571. The monoisotopic (exact) mass is 237 g/mol. The Bertz CT molecular complexity index is 382. The zero-order valence-corrected chi connectivity index (χ0v) is 10.2. The maximum atomic E-state index is 13.6. The highest BCUT2D eigenvalue weighted by atomic mass is 19.1. The van der Waals surface area contributed by atoms with Gasteiger partial charge in [0.05, 0.1) is 17.8 Å². The summed E-state index contributed by atoms with van der Waals surface area (Å²) in [6.07, 6.45) is 4.27. The molecule has 0 saturated heterocycles. The third-order valence-corrected chi connectivity index (χ3v) is 3.99. The number of para-hydroxylation sites is 1. The Kier molecular flexibility index (Phi) is 3.67. The van der Waals surface area contributed by atoms with E-state index in [1.807, 2.05) is 6.07 Å². The van der Waals surface area contributed by atoms with Gasteiger partial charge in [0.2, 0.25) is 0 Å². The highest BCUT2D eigenvalue weighted by molar-refractivity contribution is 5.47. The first-order chi connectivity index (χ1) is 8.18. The van der Waals surface area contributed by atoms with Crippen LogP contribution in [-0.4, -0.2) is 17.3 Å². The zero-order chi connectivity index (χ0) is 12.3. The van der Waals surface area contributed by atoms with Gasteiger partial charge in [0.1, 0.15) is 5.82 Å². The van der Waals surface area contributed by atoms with Gasteiger partial charge >= 0.3 is 0 Å². The summed E-state index contributed by atoms with van der Waals surface area (Å²) in [5.74, 6) is 0.110. The van der Waals surface area contributed by atoms with Crippen LogP contribution in [0.25, 0.3) is 0 Å². The Labute approximate surface area is 102 Å². The molecule has 1 fully saturated rings. The molecule has 1 aliphatic carbocycles. The molecular formula is C14H20FNO. The van der Waals surface area contributed by atoms with E-state index in [0.717, 1.165) is 19.3 Å². The van der Waals surface area contributed by atoms with Crippen molar-refractivity contribution in [1.29, 1.82) is 0 Å². The topological polar surface area (TPSA) is 32.3 Å². The average molecular weight is 237 g/mol. The quantitative estimate of drug-likeness (QED) is 0.846. The van der Waals surface area contributed by atoms with Gasteiger partial charge in [0.15, 0.2) is 0 Å². The van der Waals surface area contributed by atoms with Crippen LogP contribution in [0.15, 0.2) is 24.3 Å². The van der Waals surface area contributed by atoms with E-state index in [2.05, 4.69) is 12.2 Å².